The van der Waals surface area contributed by atoms with Gasteiger partial charge in [0.25, 0.3) is 5.69 Å². The Balaban J connectivity index is 0.00000200. The third-order valence-corrected chi connectivity index (χ3v) is 3.33. The maximum Gasteiger partial charge on any atom is 0.269 e. The van der Waals surface area contributed by atoms with Crippen LogP contribution in [0, 0.1) is 10.1 Å². The summed E-state index contributed by atoms with van der Waals surface area (Å²) in [5.74, 6) is 0.222. The Bertz CT molecular complexity index is 572. The molecule has 0 aliphatic heterocycles. The maximum atomic E-state index is 10.6. The van der Waals surface area contributed by atoms with Crippen LogP contribution in [0.2, 0.25) is 0 Å². The SMILES string of the molecule is Br.O=[N+]([O-])c1ccc(CC(S)c2ccc(O)cc2)cc1. The molecule has 0 aromatic heterocycles. The molecule has 1 atom stereocenters. The lowest BCUT2D eigenvalue weighted by molar-refractivity contribution is -0.384. The molecule has 4 nitrogen and oxygen atoms in total. The molecule has 106 valence electrons. The summed E-state index contributed by atoms with van der Waals surface area (Å²) in [5.41, 5.74) is 2.07. The summed E-state index contributed by atoms with van der Waals surface area (Å²) in [5, 5.41) is 19.8. The summed E-state index contributed by atoms with van der Waals surface area (Å²) >= 11 is 4.52. The lowest BCUT2D eigenvalue weighted by Crippen LogP contribution is -1.96. The van der Waals surface area contributed by atoms with Crippen LogP contribution in [0.3, 0.4) is 0 Å². The highest BCUT2D eigenvalue weighted by Crippen LogP contribution is 2.26. The summed E-state index contributed by atoms with van der Waals surface area (Å²) in [6.45, 7) is 0. The van der Waals surface area contributed by atoms with Crippen molar-refractivity contribution >= 4 is 35.3 Å². The number of phenols is 1. The first-order valence-corrected chi connectivity index (χ1v) is 6.28. The number of nitro benzene ring substituents is 1. The Kier molecular flexibility index (Phi) is 6.04. The minimum Gasteiger partial charge on any atom is -0.508 e. The Labute approximate surface area is 132 Å². The summed E-state index contributed by atoms with van der Waals surface area (Å²) < 4.78 is 0. The summed E-state index contributed by atoms with van der Waals surface area (Å²) in [7, 11) is 0. The summed E-state index contributed by atoms with van der Waals surface area (Å²) in [4.78, 5) is 10.1. The van der Waals surface area contributed by atoms with Gasteiger partial charge in [0.15, 0.2) is 0 Å². The average molecular weight is 356 g/mol. The number of halogens is 1. The van der Waals surface area contributed by atoms with Crippen LogP contribution in [-0.2, 0) is 6.42 Å². The smallest absolute Gasteiger partial charge is 0.269 e. The molecule has 2 aromatic rings. The number of aromatic hydroxyl groups is 1. The Morgan fingerprint density at radius 2 is 1.65 bits per heavy atom. The number of phenolic OH excluding ortho intramolecular Hbond substituents is 1. The molecule has 0 aliphatic carbocycles. The van der Waals surface area contributed by atoms with Crippen molar-refractivity contribution in [2.75, 3.05) is 0 Å². The van der Waals surface area contributed by atoms with Gasteiger partial charge < -0.3 is 5.11 Å². The lowest BCUT2D eigenvalue weighted by atomic mass is 10.0. The Morgan fingerprint density at radius 1 is 1.10 bits per heavy atom. The minimum atomic E-state index is -0.415. The molecule has 2 rings (SSSR count). The second-order valence-electron chi connectivity index (χ2n) is 4.24. The van der Waals surface area contributed by atoms with Gasteiger partial charge in [-0.1, -0.05) is 24.3 Å². The van der Waals surface area contributed by atoms with Crippen LogP contribution in [0.25, 0.3) is 0 Å². The van der Waals surface area contributed by atoms with E-state index in [4.69, 9.17) is 0 Å². The molecule has 0 amide bonds. The Morgan fingerprint density at radius 3 is 2.15 bits per heavy atom. The monoisotopic (exact) mass is 355 g/mol. The molecular formula is C14H14BrNO3S. The van der Waals surface area contributed by atoms with Crippen LogP contribution < -0.4 is 0 Å². The second kappa shape index (κ2) is 7.31. The molecule has 6 heteroatoms. The van der Waals surface area contributed by atoms with Gasteiger partial charge >= 0.3 is 0 Å². The molecular weight excluding hydrogens is 342 g/mol. The molecule has 0 saturated carbocycles. The fraction of sp³-hybridized carbons (Fsp3) is 0.143. The van der Waals surface area contributed by atoms with E-state index in [2.05, 4.69) is 12.6 Å². The van der Waals surface area contributed by atoms with Gasteiger partial charge in [-0.25, -0.2) is 0 Å². The predicted molar refractivity (Wildman–Crippen MR) is 87.0 cm³/mol. The average Bonchev–Trinajstić information content (AvgIpc) is 2.40. The lowest BCUT2D eigenvalue weighted by Gasteiger charge is -2.11. The number of benzene rings is 2. The normalized spacial score (nSPS) is 11.4. The van der Waals surface area contributed by atoms with Gasteiger partial charge in [0.05, 0.1) is 4.92 Å². The van der Waals surface area contributed by atoms with Crippen molar-refractivity contribution in [3.63, 3.8) is 0 Å². The van der Waals surface area contributed by atoms with E-state index in [1.807, 2.05) is 12.1 Å². The maximum absolute atomic E-state index is 10.6. The zero-order chi connectivity index (χ0) is 13.8. The fourth-order valence-corrected chi connectivity index (χ4v) is 2.17. The van der Waals surface area contributed by atoms with Gasteiger partial charge in [0.1, 0.15) is 5.75 Å². The number of non-ortho nitro benzene ring substituents is 1. The third-order valence-electron chi connectivity index (χ3n) is 2.85. The number of hydrogen-bond acceptors (Lipinski definition) is 4. The highest BCUT2D eigenvalue weighted by Gasteiger charge is 2.09. The van der Waals surface area contributed by atoms with Crippen LogP contribution in [-0.4, -0.2) is 10.0 Å². The first kappa shape index (κ1) is 16.5. The third kappa shape index (κ3) is 4.25. The standard InChI is InChI=1S/C14H13NO3S.BrH/c16-13-7-3-11(4-8-13)14(19)9-10-1-5-12(6-2-10)15(17)18;/h1-8,14,16,19H,9H2;1H. The van der Waals surface area contributed by atoms with Gasteiger partial charge in [0, 0.05) is 17.4 Å². The van der Waals surface area contributed by atoms with E-state index in [0.717, 1.165) is 11.1 Å². The first-order chi connectivity index (χ1) is 9.06. The second-order valence-corrected chi connectivity index (χ2v) is 4.86. The Hall–Kier alpha value is -1.53. The van der Waals surface area contributed by atoms with Gasteiger partial charge in [-0.3, -0.25) is 10.1 Å². The van der Waals surface area contributed by atoms with Crippen molar-refractivity contribution < 1.29 is 10.0 Å². The van der Waals surface area contributed by atoms with E-state index in [9.17, 15) is 15.2 Å². The largest absolute Gasteiger partial charge is 0.508 e. The van der Waals surface area contributed by atoms with Gasteiger partial charge in [-0.15, -0.1) is 17.0 Å². The molecule has 0 radical (unpaired) electrons. The van der Waals surface area contributed by atoms with E-state index in [0.29, 0.717) is 6.42 Å². The number of hydrogen-bond donors (Lipinski definition) is 2. The van der Waals surface area contributed by atoms with Gasteiger partial charge in [-0.2, -0.15) is 12.6 Å². The molecule has 20 heavy (non-hydrogen) atoms. The molecule has 0 bridgehead atoms. The van der Waals surface area contributed by atoms with Crippen LogP contribution in [0.1, 0.15) is 16.4 Å². The number of nitrogens with zero attached hydrogens (tertiary/aromatic N) is 1. The van der Waals surface area contributed by atoms with Gasteiger partial charge in [-0.05, 0) is 29.7 Å². The number of rotatable bonds is 4. The van der Waals surface area contributed by atoms with Crippen molar-refractivity contribution in [1.82, 2.24) is 0 Å². The van der Waals surface area contributed by atoms with Crippen molar-refractivity contribution in [3.8, 4) is 5.75 Å². The van der Waals surface area contributed by atoms with Crippen molar-refractivity contribution in [3.05, 3.63) is 69.8 Å². The number of thiol groups is 1. The minimum absolute atomic E-state index is 0. The summed E-state index contributed by atoms with van der Waals surface area (Å²) in [6, 6.07) is 13.3. The molecule has 1 N–H and O–H groups in total. The molecule has 2 aromatic carbocycles. The highest BCUT2D eigenvalue weighted by molar-refractivity contribution is 8.93. The van der Waals surface area contributed by atoms with Crippen LogP contribution >= 0.6 is 29.6 Å². The molecule has 1 unspecified atom stereocenters. The first-order valence-electron chi connectivity index (χ1n) is 5.76. The number of nitro groups is 1. The van der Waals surface area contributed by atoms with Crippen LogP contribution in [0.15, 0.2) is 48.5 Å². The van der Waals surface area contributed by atoms with E-state index in [-0.39, 0.29) is 33.7 Å². The molecule has 0 heterocycles. The zero-order valence-electron chi connectivity index (χ0n) is 10.5. The van der Waals surface area contributed by atoms with Crippen molar-refractivity contribution in [1.29, 1.82) is 0 Å². The molecule has 0 aliphatic rings. The summed E-state index contributed by atoms with van der Waals surface area (Å²) in [6.07, 6.45) is 0.673. The van der Waals surface area contributed by atoms with E-state index < -0.39 is 4.92 Å². The van der Waals surface area contributed by atoms with E-state index in [1.54, 1.807) is 24.3 Å². The van der Waals surface area contributed by atoms with Gasteiger partial charge in [0.2, 0.25) is 0 Å². The highest BCUT2D eigenvalue weighted by atomic mass is 79.9. The fourth-order valence-electron chi connectivity index (χ4n) is 1.79. The van der Waals surface area contributed by atoms with E-state index >= 15 is 0 Å². The van der Waals surface area contributed by atoms with Crippen LogP contribution in [0.4, 0.5) is 5.69 Å². The van der Waals surface area contributed by atoms with Crippen molar-refractivity contribution in [2.24, 2.45) is 0 Å². The molecule has 0 saturated heterocycles. The quantitative estimate of drug-likeness (QED) is 0.493. The molecule has 0 fully saturated rings. The predicted octanol–water partition coefficient (Wildman–Crippen LogP) is 4.09. The molecule has 0 spiro atoms. The van der Waals surface area contributed by atoms with Crippen molar-refractivity contribution in [2.45, 2.75) is 11.7 Å². The van der Waals surface area contributed by atoms with E-state index in [1.165, 1.54) is 12.1 Å². The topological polar surface area (TPSA) is 63.4 Å². The van der Waals surface area contributed by atoms with Crippen LogP contribution in [0.5, 0.6) is 5.75 Å². The zero-order valence-corrected chi connectivity index (χ0v) is 13.1.